The summed E-state index contributed by atoms with van der Waals surface area (Å²) < 4.78 is 0. The van der Waals surface area contributed by atoms with Crippen LogP contribution in [0, 0.1) is 0 Å². The summed E-state index contributed by atoms with van der Waals surface area (Å²) >= 11 is 0. The number of aliphatic imine (C=N–C) groups is 1. The summed E-state index contributed by atoms with van der Waals surface area (Å²) in [5.74, 6) is 0.753. The van der Waals surface area contributed by atoms with Crippen molar-refractivity contribution in [3.05, 3.63) is 71.7 Å². The van der Waals surface area contributed by atoms with Gasteiger partial charge in [0.25, 0.3) is 5.91 Å². The van der Waals surface area contributed by atoms with Gasteiger partial charge in [-0.2, -0.15) is 0 Å². The number of anilines is 2. The first-order valence-electron chi connectivity index (χ1n) is 14.1. The Labute approximate surface area is 225 Å². The van der Waals surface area contributed by atoms with Crippen LogP contribution < -0.4 is 10.2 Å². The highest BCUT2D eigenvalue weighted by Crippen LogP contribution is 2.27. The van der Waals surface area contributed by atoms with Crippen LogP contribution in [0.3, 0.4) is 0 Å². The number of rotatable bonds is 6. The maximum Gasteiger partial charge on any atom is 0.274 e. The molecule has 0 bridgehead atoms. The monoisotopic (exact) mass is 508 g/mol. The fourth-order valence-corrected chi connectivity index (χ4v) is 5.85. The van der Waals surface area contributed by atoms with Crippen LogP contribution in [0.1, 0.15) is 55.2 Å². The summed E-state index contributed by atoms with van der Waals surface area (Å²) in [6, 6.07) is 12.5. The number of benzene rings is 1. The zero-order valence-electron chi connectivity index (χ0n) is 22.0. The fraction of sp³-hybridized carbons (Fsp3) is 0.419. The highest BCUT2D eigenvalue weighted by Gasteiger charge is 2.22. The van der Waals surface area contributed by atoms with Crippen LogP contribution >= 0.6 is 0 Å². The van der Waals surface area contributed by atoms with Crippen LogP contribution in [0.2, 0.25) is 0 Å². The van der Waals surface area contributed by atoms with E-state index in [0.717, 1.165) is 73.8 Å². The van der Waals surface area contributed by atoms with Crippen LogP contribution in [-0.2, 0) is 17.8 Å². The average molecular weight is 509 g/mol. The molecule has 196 valence electrons. The highest BCUT2D eigenvalue weighted by atomic mass is 16.1. The third-order valence-corrected chi connectivity index (χ3v) is 7.87. The molecule has 38 heavy (non-hydrogen) atoms. The second kappa shape index (κ2) is 11.4. The first-order valence-corrected chi connectivity index (χ1v) is 14.1. The van der Waals surface area contributed by atoms with E-state index in [2.05, 4.69) is 49.4 Å². The van der Waals surface area contributed by atoms with Gasteiger partial charge in [-0.05, 0) is 86.5 Å². The van der Waals surface area contributed by atoms with E-state index in [4.69, 9.17) is 4.99 Å². The number of nitrogens with zero attached hydrogens (tertiary/aromatic N) is 5. The maximum atomic E-state index is 13.5. The van der Waals surface area contributed by atoms with Crippen molar-refractivity contribution in [2.24, 2.45) is 4.99 Å². The fourth-order valence-electron chi connectivity index (χ4n) is 5.85. The number of piperidine rings is 1. The zero-order valence-corrected chi connectivity index (χ0v) is 22.0. The van der Waals surface area contributed by atoms with Crippen molar-refractivity contribution in [2.75, 3.05) is 42.9 Å². The standard InChI is InChI=1S/C31H36N6O/c38-31(35-27-10-12-33-29(19-27)37-15-4-5-16-37)30-28-18-25(9-8-24(28)7-6-11-34-30)26-17-23(20-32-21-26)22-36-13-2-1-3-14-36/h8-10,12,17-21H,1-7,11,13-16,22H2,(H,33,35,38). The topological polar surface area (TPSA) is 73.7 Å². The van der Waals surface area contributed by atoms with E-state index in [0.29, 0.717) is 12.3 Å². The quantitative estimate of drug-likeness (QED) is 0.501. The minimum absolute atomic E-state index is 0.166. The average Bonchev–Trinajstić information content (AvgIpc) is 3.41. The number of pyridine rings is 2. The molecular weight excluding hydrogens is 472 g/mol. The lowest BCUT2D eigenvalue weighted by Crippen LogP contribution is -2.29. The number of carbonyl (C=O) groups is 1. The molecule has 0 aliphatic carbocycles. The van der Waals surface area contributed by atoms with Crippen molar-refractivity contribution in [3.8, 4) is 11.1 Å². The Hall–Kier alpha value is -3.58. The number of aryl methyl sites for hydroxylation is 1. The minimum Gasteiger partial charge on any atom is -0.357 e. The van der Waals surface area contributed by atoms with Crippen LogP contribution in [0.25, 0.3) is 11.1 Å². The molecule has 2 fully saturated rings. The summed E-state index contributed by atoms with van der Waals surface area (Å²) in [7, 11) is 0. The highest BCUT2D eigenvalue weighted by molar-refractivity contribution is 6.49. The summed E-state index contributed by atoms with van der Waals surface area (Å²) in [6.45, 7) is 5.94. The van der Waals surface area contributed by atoms with Crippen molar-refractivity contribution >= 4 is 23.1 Å². The number of fused-ring (bicyclic) bond motifs is 1. The Morgan fingerprint density at radius 1 is 0.868 bits per heavy atom. The largest absolute Gasteiger partial charge is 0.357 e. The molecule has 7 heteroatoms. The molecule has 7 nitrogen and oxygen atoms in total. The normalized spacial score (nSPS) is 18.0. The van der Waals surface area contributed by atoms with Crippen molar-refractivity contribution in [1.29, 1.82) is 0 Å². The van der Waals surface area contributed by atoms with E-state index in [9.17, 15) is 4.79 Å². The van der Waals surface area contributed by atoms with Gasteiger partial charge in [0.2, 0.25) is 0 Å². The molecule has 3 aliphatic rings. The van der Waals surface area contributed by atoms with Crippen molar-refractivity contribution in [1.82, 2.24) is 14.9 Å². The molecule has 0 unspecified atom stereocenters. The van der Waals surface area contributed by atoms with Gasteiger partial charge in [-0.3, -0.25) is 19.7 Å². The lowest BCUT2D eigenvalue weighted by molar-refractivity contribution is -0.110. The Balaban J connectivity index is 1.24. The van der Waals surface area contributed by atoms with Crippen molar-refractivity contribution in [3.63, 3.8) is 0 Å². The molecule has 1 aromatic carbocycles. The molecule has 5 heterocycles. The molecule has 3 aromatic rings. The van der Waals surface area contributed by atoms with E-state index in [1.807, 2.05) is 24.5 Å². The SMILES string of the molecule is O=C(Nc1ccnc(N2CCCC2)c1)C1=NCCCc2ccc(-c3cncc(CN4CCCCC4)c3)cc21. The Bertz CT molecular complexity index is 1320. The van der Waals surface area contributed by atoms with E-state index in [-0.39, 0.29) is 5.91 Å². The van der Waals surface area contributed by atoms with Gasteiger partial charge in [0.15, 0.2) is 0 Å². The summed E-state index contributed by atoms with van der Waals surface area (Å²) in [4.78, 5) is 32.2. The third kappa shape index (κ3) is 5.63. The number of carbonyl (C=O) groups excluding carboxylic acids is 1. The maximum absolute atomic E-state index is 13.5. The molecule has 3 aliphatic heterocycles. The van der Waals surface area contributed by atoms with Gasteiger partial charge in [0, 0.05) is 67.7 Å². The third-order valence-electron chi connectivity index (χ3n) is 7.87. The molecule has 2 saturated heterocycles. The number of nitrogens with one attached hydrogen (secondary N) is 1. The van der Waals surface area contributed by atoms with Crippen molar-refractivity contribution < 1.29 is 4.79 Å². The Morgan fingerprint density at radius 3 is 2.58 bits per heavy atom. The molecule has 2 aromatic heterocycles. The molecule has 0 radical (unpaired) electrons. The van der Waals surface area contributed by atoms with E-state index >= 15 is 0 Å². The predicted octanol–water partition coefficient (Wildman–Crippen LogP) is 5.10. The summed E-state index contributed by atoms with van der Waals surface area (Å²) in [6.07, 6.45) is 13.8. The van der Waals surface area contributed by atoms with Crippen LogP contribution in [-0.4, -0.2) is 59.2 Å². The second-order valence-corrected chi connectivity index (χ2v) is 10.7. The smallest absolute Gasteiger partial charge is 0.274 e. The minimum atomic E-state index is -0.166. The first kappa shape index (κ1) is 24.7. The Kier molecular flexibility index (Phi) is 7.45. The van der Waals surface area contributed by atoms with E-state index < -0.39 is 0 Å². The number of likely N-dealkylation sites (tertiary alicyclic amines) is 1. The molecular formula is C31H36N6O. The molecule has 0 saturated carbocycles. The predicted molar refractivity (Wildman–Crippen MR) is 153 cm³/mol. The number of hydrogen-bond donors (Lipinski definition) is 1. The number of amides is 1. The lowest BCUT2D eigenvalue weighted by Gasteiger charge is -2.26. The van der Waals surface area contributed by atoms with Crippen LogP contribution in [0.4, 0.5) is 11.5 Å². The van der Waals surface area contributed by atoms with E-state index in [1.165, 1.54) is 43.2 Å². The molecule has 1 N–H and O–H groups in total. The Morgan fingerprint density at radius 2 is 1.71 bits per heavy atom. The summed E-state index contributed by atoms with van der Waals surface area (Å²) in [5.41, 5.74) is 6.74. The number of hydrogen-bond acceptors (Lipinski definition) is 6. The number of aromatic nitrogens is 2. The summed E-state index contributed by atoms with van der Waals surface area (Å²) in [5, 5.41) is 3.10. The molecule has 1 amide bonds. The second-order valence-electron chi connectivity index (χ2n) is 10.7. The van der Waals surface area contributed by atoms with Crippen LogP contribution in [0.15, 0.2) is 60.0 Å². The van der Waals surface area contributed by atoms with Gasteiger partial charge >= 0.3 is 0 Å². The van der Waals surface area contributed by atoms with Crippen molar-refractivity contribution in [2.45, 2.75) is 51.5 Å². The zero-order chi connectivity index (χ0) is 25.7. The van der Waals surface area contributed by atoms with Crippen LogP contribution in [0.5, 0.6) is 0 Å². The molecule has 6 rings (SSSR count). The van der Waals surface area contributed by atoms with Gasteiger partial charge in [0.1, 0.15) is 11.5 Å². The molecule has 0 spiro atoms. The van der Waals surface area contributed by atoms with E-state index in [1.54, 1.807) is 6.20 Å². The first-order chi connectivity index (χ1) is 18.7. The molecule has 0 atom stereocenters. The van der Waals surface area contributed by atoms with Gasteiger partial charge in [-0.1, -0.05) is 18.6 Å². The van der Waals surface area contributed by atoms with Gasteiger partial charge in [-0.15, -0.1) is 0 Å². The lowest BCUT2D eigenvalue weighted by atomic mass is 9.94. The van der Waals surface area contributed by atoms with Gasteiger partial charge < -0.3 is 10.2 Å². The van der Waals surface area contributed by atoms with Gasteiger partial charge in [0.05, 0.1) is 0 Å². The van der Waals surface area contributed by atoms with Gasteiger partial charge in [-0.25, -0.2) is 4.98 Å².